The molecule has 1 aromatic heterocycles. The van der Waals surface area contributed by atoms with Gasteiger partial charge in [0.05, 0.1) is 5.69 Å². The van der Waals surface area contributed by atoms with Gasteiger partial charge in [-0.1, -0.05) is 48.5 Å². The van der Waals surface area contributed by atoms with Gasteiger partial charge in [0.25, 0.3) is 0 Å². The molecule has 0 spiro atoms. The van der Waals surface area contributed by atoms with E-state index >= 15 is 0 Å². The Labute approximate surface area is 137 Å². The molecule has 1 saturated carbocycles. The predicted octanol–water partition coefficient (Wildman–Crippen LogP) is 3.91. The molecule has 3 heteroatoms. The van der Waals surface area contributed by atoms with Crippen LogP contribution in [0.1, 0.15) is 29.9 Å². The van der Waals surface area contributed by atoms with Crippen LogP contribution in [0.3, 0.4) is 0 Å². The van der Waals surface area contributed by atoms with Gasteiger partial charge in [-0.25, -0.2) is 4.68 Å². The summed E-state index contributed by atoms with van der Waals surface area (Å²) in [6.45, 7) is 0.891. The van der Waals surface area contributed by atoms with Gasteiger partial charge in [0.2, 0.25) is 0 Å². The molecule has 0 unspecified atom stereocenters. The van der Waals surface area contributed by atoms with Crippen LogP contribution < -0.4 is 5.32 Å². The van der Waals surface area contributed by atoms with E-state index < -0.39 is 0 Å². The average molecular weight is 303 g/mol. The van der Waals surface area contributed by atoms with Crippen LogP contribution in [0.5, 0.6) is 0 Å². The number of aromatic nitrogens is 2. The van der Waals surface area contributed by atoms with Crippen molar-refractivity contribution in [3.63, 3.8) is 0 Å². The lowest BCUT2D eigenvalue weighted by Gasteiger charge is -2.36. The van der Waals surface area contributed by atoms with Crippen molar-refractivity contribution in [3.8, 4) is 5.69 Å². The maximum absolute atomic E-state index is 4.35. The molecule has 0 bridgehead atoms. The topological polar surface area (TPSA) is 29.9 Å². The maximum Gasteiger partial charge on any atom is 0.0690 e. The van der Waals surface area contributed by atoms with E-state index in [1.165, 1.54) is 24.0 Å². The summed E-state index contributed by atoms with van der Waals surface area (Å²) in [5, 5.41) is 8.05. The van der Waals surface area contributed by atoms with Crippen LogP contribution in [0, 0.1) is 0 Å². The fraction of sp³-hybridized carbons (Fsp3) is 0.250. The molecule has 1 heterocycles. The minimum atomic E-state index is 0.617. The van der Waals surface area contributed by atoms with E-state index in [-0.39, 0.29) is 0 Å². The summed E-state index contributed by atoms with van der Waals surface area (Å²) in [7, 11) is 0. The van der Waals surface area contributed by atoms with Gasteiger partial charge in [0.15, 0.2) is 0 Å². The van der Waals surface area contributed by atoms with Gasteiger partial charge in [-0.2, -0.15) is 5.10 Å². The van der Waals surface area contributed by atoms with E-state index in [1.807, 2.05) is 23.1 Å². The first-order chi connectivity index (χ1) is 11.4. The van der Waals surface area contributed by atoms with Crippen LogP contribution in [0.25, 0.3) is 5.69 Å². The number of para-hydroxylation sites is 1. The molecule has 1 aliphatic carbocycles. The second-order valence-electron chi connectivity index (χ2n) is 6.24. The second-order valence-corrected chi connectivity index (χ2v) is 6.24. The number of benzene rings is 2. The molecule has 1 aliphatic rings. The number of nitrogens with zero attached hydrogens (tertiary/aromatic N) is 2. The maximum atomic E-state index is 4.35. The fourth-order valence-electron chi connectivity index (χ4n) is 3.33. The summed E-state index contributed by atoms with van der Waals surface area (Å²) in [5.74, 6) is 0.718. The summed E-state index contributed by atoms with van der Waals surface area (Å²) >= 11 is 0. The average Bonchev–Trinajstić information content (AvgIpc) is 3.09. The van der Waals surface area contributed by atoms with Crippen molar-refractivity contribution in [2.24, 2.45) is 0 Å². The summed E-state index contributed by atoms with van der Waals surface area (Å²) in [4.78, 5) is 0. The molecule has 1 fully saturated rings. The normalized spacial score (nSPS) is 20.2. The van der Waals surface area contributed by atoms with Gasteiger partial charge in [-0.15, -0.1) is 0 Å². The standard InChI is InChI=1S/C20H21N3/c1-2-7-16(8-3-1)18-13-19(14-18)21-15-17-9-4-5-10-20(17)23-12-6-11-22-23/h1-12,18-19,21H,13-15H2. The Hall–Kier alpha value is -2.39. The fourth-order valence-corrected chi connectivity index (χ4v) is 3.33. The van der Waals surface area contributed by atoms with Crippen molar-refractivity contribution in [2.75, 3.05) is 0 Å². The Morgan fingerprint density at radius 1 is 0.957 bits per heavy atom. The molecule has 0 amide bonds. The molecular weight excluding hydrogens is 282 g/mol. The van der Waals surface area contributed by atoms with Gasteiger partial charge < -0.3 is 5.32 Å². The van der Waals surface area contributed by atoms with E-state index in [0.29, 0.717) is 6.04 Å². The van der Waals surface area contributed by atoms with Crippen LogP contribution >= 0.6 is 0 Å². The summed E-state index contributed by atoms with van der Waals surface area (Å²) in [6.07, 6.45) is 6.27. The Bertz CT molecular complexity index is 744. The summed E-state index contributed by atoms with van der Waals surface area (Å²) in [6, 6.07) is 21.9. The highest BCUT2D eigenvalue weighted by molar-refractivity contribution is 5.40. The zero-order chi connectivity index (χ0) is 15.5. The smallest absolute Gasteiger partial charge is 0.0690 e. The first-order valence-electron chi connectivity index (χ1n) is 8.26. The molecule has 116 valence electrons. The minimum Gasteiger partial charge on any atom is -0.310 e. The van der Waals surface area contributed by atoms with E-state index in [0.717, 1.165) is 18.2 Å². The number of hydrogen-bond donors (Lipinski definition) is 1. The van der Waals surface area contributed by atoms with Crippen LogP contribution in [-0.4, -0.2) is 15.8 Å². The van der Waals surface area contributed by atoms with Crippen molar-refractivity contribution < 1.29 is 0 Å². The van der Waals surface area contributed by atoms with Crippen LogP contribution in [0.15, 0.2) is 73.1 Å². The molecule has 0 saturated heterocycles. The van der Waals surface area contributed by atoms with E-state index in [4.69, 9.17) is 0 Å². The Balaban J connectivity index is 1.36. The third kappa shape index (κ3) is 3.06. The van der Waals surface area contributed by atoms with Crippen molar-refractivity contribution in [1.82, 2.24) is 15.1 Å². The van der Waals surface area contributed by atoms with E-state index in [1.54, 1.807) is 0 Å². The molecule has 0 atom stereocenters. The number of rotatable bonds is 5. The summed E-state index contributed by atoms with van der Waals surface area (Å²) in [5.41, 5.74) is 3.92. The van der Waals surface area contributed by atoms with Crippen LogP contribution in [0.4, 0.5) is 0 Å². The monoisotopic (exact) mass is 303 g/mol. The largest absolute Gasteiger partial charge is 0.310 e. The Kier molecular flexibility index (Phi) is 3.95. The molecule has 3 nitrogen and oxygen atoms in total. The van der Waals surface area contributed by atoms with Gasteiger partial charge in [0.1, 0.15) is 0 Å². The molecule has 0 radical (unpaired) electrons. The molecule has 1 N–H and O–H groups in total. The number of nitrogens with one attached hydrogen (secondary N) is 1. The molecule has 4 rings (SSSR count). The highest BCUT2D eigenvalue weighted by Crippen LogP contribution is 2.36. The first kappa shape index (κ1) is 14.2. The van der Waals surface area contributed by atoms with Crippen molar-refractivity contribution >= 4 is 0 Å². The minimum absolute atomic E-state index is 0.617. The summed E-state index contributed by atoms with van der Waals surface area (Å²) < 4.78 is 1.94. The first-order valence-corrected chi connectivity index (χ1v) is 8.26. The lowest BCUT2D eigenvalue weighted by Crippen LogP contribution is -2.39. The highest BCUT2D eigenvalue weighted by Gasteiger charge is 2.29. The van der Waals surface area contributed by atoms with Crippen LogP contribution in [-0.2, 0) is 6.54 Å². The quantitative estimate of drug-likeness (QED) is 0.774. The van der Waals surface area contributed by atoms with Crippen molar-refractivity contribution in [1.29, 1.82) is 0 Å². The number of hydrogen-bond acceptors (Lipinski definition) is 2. The molecular formula is C20H21N3. The van der Waals surface area contributed by atoms with Gasteiger partial charge in [0, 0.05) is 25.0 Å². The van der Waals surface area contributed by atoms with Gasteiger partial charge in [-0.3, -0.25) is 0 Å². The zero-order valence-electron chi connectivity index (χ0n) is 13.1. The lowest BCUT2D eigenvalue weighted by atomic mass is 9.76. The Morgan fingerprint density at radius 3 is 2.52 bits per heavy atom. The van der Waals surface area contributed by atoms with Gasteiger partial charge in [-0.05, 0) is 42.0 Å². The van der Waals surface area contributed by atoms with Crippen molar-refractivity contribution in [3.05, 3.63) is 84.2 Å². The predicted molar refractivity (Wildman–Crippen MR) is 92.6 cm³/mol. The molecule has 0 aliphatic heterocycles. The third-order valence-corrected chi connectivity index (χ3v) is 4.73. The Morgan fingerprint density at radius 2 is 1.74 bits per heavy atom. The van der Waals surface area contributed by atoms with Crippen LogP contribution in [0.2, 0.25) is 0 Å². The molecule has 3 aromatic rings. The SMILES string of the molecule is c1ccc(C2CC(NCc3ccccc3-n3cccn3)C2)cc1. The zero-order valence-corrected chi connectivity index (χ0v) is 13.1. The lowest BCUT2D eigenvalue weighted by molar-refractivity contribution is 0.289. The highest BCUT2D eigenvalue weighted by atomic mass is 15.3. The van der Waals surface area contributed by atoms with E-state index in [9.17, 15) is 0 Å². The third-order valence-electron chi connectivity index (χ3n) is 4.73. The van der Waals surface area contributed by atoms with Crippen molar-refractivity contribution in [2.45, 2.75) is 31.3 Å². The molecule has 23 heavy (non-hydrogen) atoms. The second kappa shape index (κ2) is 6.39. The van der Waals surface area contributed by atoms with E-state index in [2.05, 4.69) is 65.0 Å². The molecule has 2 aromatic carbocycles. The van der Waals surface area contributed by atoms with Gasteiger partial charge >= 0.3 is 0 Å².